The molecule has 0 fully saturated rings. The van der Waals surface area contributed by atoms with Crippen LogP contribution < -0.4 is 0 Å². The molecule has 0 N–H and O–H groups in total. The number of fused-ring (bicyclic) bond motifs is 1. The normalized spacial score (nSPS) is 12.5. The van der Waals surface area contributed by atoms with Gasteiger partial charge in [-0.3, -0.25) is 0 Å². The predicted octanol–water partition coefficient (Wildman–Crippen LogP) is 1.18. The van der Waals surface area contributed by atoms with Gasteiger partial charge >= 0.3 is 0 Å². The molecule has 0 saturated heterocycles. The summed E-state index contributed by atoms with van der Waals surface area (Å²) in [4.78, 5) is 7.92. The summed E-state index contributed by atoms with van der Waals surface area (Å²) >= 11 is 0. The molecule has 0 unspecified atom stereocenters. The van der Waals surface area contributed by atoms with Gasteiger partial charge in [0.1, 0.15) is 0 Å². The van der Waals surface area contributed by atoms with Crippen LogP contribution >= 0.6 is 10.7 Å². The lowest BCUT2D eigenvalue weighted by atomic mass is 10.1. The summed E-state index contributed by atoms with van der Waals surface area (Å²) in [6, 6.07) is 1.76. The molecule has 2 aromatic rings. The van der Waals surface area contributed by atoms with Crippen LogP contribution in [0, 0.1) is 0 Å². The highest BCUT2D eigenvalue weighted by molar-refractivity contribution is 8.13. The summed E-state index contributed by atoms with van der Waals surface area (Å²) in [5.41, 5.74) is 0.818. The maximum atomic E-state index is 11.0. The van der Waals surface area contributed by atoms with Gasteiger partial charge in [-0.15, -0.1) is 5.10 Å². The van der Waals surface area contributed by atoms with E-state index in [1.54, 1.807) is 12.3 Å². The second-order valence-corrected chi connectivity index (χ2v) is 6.04. The topological polar surface area (TPSA) is 77.2 Å². The van der Waals surface area contributed by atoms with E-state index in [4.69, 9.17) is 10.7 Å². The average molecular weight is 261 g/mol. The van der Waals surface area contributed by atoms with E-state index < -0.39 is 14.2 Å². The van der Waals surface area contributed by atoms with Gasteiger partial charge in [0.2, 0.25) is 0 Å². The van der Waals surface area contributed by atoms with Crippen molar-refractivity contribution in [1.82, 2.24) is 19.6 Å². The molecule has 0 aliphatic rings. The van der Waals surface area contributed by atoms with Gasteiger partial charge < -0.3 is 0 Å². The molecule has 8 heteroatoms. The Balaban J connectivity index is 2.63. The largest absolute Gasteiger partial charge is 0.298 e. The molecule has 2 rings (SSSR count). The minimum absolute atomic E-state index is 0.227. The number of nitrogens with zero attached hydrogens (tertiary/aromatic N) is 4. The summed E-state index contributed by atoms with van der Waals surface area (Å²) in [5.74, 6) is 0.461. The molecule has 86 valence electrons. The van der Waals surface area contributed by atoms with Gasteiger partial charge in [0, 0.05) is 22.6 Å². The van der Waals surface area contributed by atoms with Crippen molar-refractivity contribution in [2.24, 2.45) is 0 Å². The van der Waals surface area contributed by atoms with Crippen LogP contribution in [0.3, 0.4) is 0 Å². The van der Waals surface area contributed by atoms with Gasteiger partial charge in [-0.1, -0.05) is 13.8 Å². The Kier molecular flexibility index (Phi) is 2.59. The fraction of sp³-hybridized carbons (Fsp3) is 0.375. The minimum Gasteiger partial charge on any atom is -0.216 e. The first-order chi connectivity index (χ1) is 7.38. The Labute approximate surface area is 96.7 Å². The minimum atomic E-state index is -3.91. The molecule has 0 atom stereocenters. The van der Waals surface area contributed by atoms with Gasteiger partial charge in [0.05, 0.1) is 0 Å². The Morgan fingerprint density at radius 3 is 2.62 bits per heavy atom. The summed E-state index contributed by atoms with van der Waals surface area (Å²) in [7, 11) is 1.23. The molecule has 0 aromatic carbocycles. The van der Waals surface area contributed by atoms with E-state index >= 15 is 0 Å². The third-order valence-electron chi connectivity index (χ3n) is 2.02. The number of halogens is 1. The lowest BCUT2D eigenvalue weighted by Crippen LogP contribution is -1.97. The predicted molar refractivity (Wildman–Crippen MR) is 57.9 cm³/mol. The smallest absolute Gasteiger partial charge is 0.216 e. The number of aromatic nitrogens is 4. The third-order valence-corrected chi connectivity index (χ3v) is 3.04. The Morgan fingerprint density at radius 2 is 2.06 bits per heavy atom. The van der Waals surface area contributed by atoms with Gasteiger partial charge in [-0.25, -0.2) is 17.9 Å². The molecule has 0 aliphatic heterocycles. The molecular formula is C8H9ClN4O2S. The van der Waals surface area contributed by atoms with Crippen LogP contribution in [0.2, 0.25) is 0 Å². The van der Waals surface area contributed by atoms with Crippen LogP contribution in [0.15, 0.2) is 17.4 Å². The van der Waals surface area contributed by atoms with Gasteiger partial charge in [-0.2, -0.15) is 4.98 Å². The van der Waals surface area contributed by atoms with Gasteiger partial charge in [0.25, 0.3) is 20.0 Å². The maximum Gasteiger partial charge on any atom is 0.298 e. The number of hydrogen-bond donors (Lipinski definition) is 0. The molecule has 0 saturated carbocycles. The summed E-state index contributed by atoms with van der Waals surface area (Å²) in [6.45, 7) is 3.96. The quantitative estimate of drug-likeness (QED) is 0.758. The highest BCUT2D eigenvalue weighted by atomic mass is 35.7. The van der Waals surface area contributed by atoms with Gasteiger partial charge in [-0.05, 0) is 12.0 Å². The molecule has 6 nitrogen and oxygen atoms in total. The van der Waals surface area contributed by atoms with E-state index in [0.29, 0.717) is 0 Å². The number of rotatable bonds is 2. The monoisotopic (exact) mass is 260 g/mol. The van der Waals surface area contributed by atoms with Crippen LogP contribution in [0.5, 0.6) is 0 Å². The molecule has 2 heterocycles. The van der Waals surface area contributed by atoms with Crippen molar-refractivity contribution >= 4 is 25.5 Å². The van der Waals surface area contributed by atoms with Crippen LogP contribution in [-0.4, -0.2) is 28.0 Å². The van der Waals surface area contributed by atoms with Crippen molar-refractivity contribution in [2.75, 3.05) is 0 Å². The maximum absolute atomic E-state index is 11.0. The SMILES string of the molecule is CC(C)c1ccn2nc(S(=O)(=O)Cl)nc2n1. The Bertz CT molecular complexity index is 635. The van der Waals surface area contributed by atoms with E-state index in [-0.39, 0.29) is 11.7 Å². The lowest BCUT2D eigenvalue weighted by Gasteiger charge is -2.02. The third kappa shape index (κ3) is 2.00. The molecule has 0 bridgehead atoms. The molecule has 16 heavy (non-hydrogen) atoms. The van der Waals surface area contributed by atoms with E-state index in [9.17, 15) is 8.42 Å². The first-order valence-corrected chi connectivity index (χ1v) is 6.87. The molecular weight excluding hydrogens is 252 g/mol. The van der Waals surface area contributed by atoms with Crippen molar-refractivity contribution < 1.29 is 8.42 Å². The second-order valence-electron chi connectivity index (χ2n) is 3.58. The van der Waals surface area contributed by atoms with Crippen LogP contribution in [0.4, 0.5) is 0 Å². The summed E-state index contributed by atoms with van der Waals surface area (Å²) in [6.07, 6.45) is 1.61. The lowest BCUT2D eigenvalue weighted by molar-refractivity contribution is 0.601. The van der Waals surface area contributed by atoms with E-state index in [2.05, 4.69) is 15.1 Å². The van der Waals surface area contributed by atoms with Crippen molar-refractivity contribution in [1.29, 1.82) is 0 Å². The standard InChI is InChI=1S/C8H9ClN4O2S/c1-5(2)6-3-4-13-7(10-6)11-8(12-13)16(9,14)15/h3-5H,1-2H3. The summed E-state index contributed by atoms with van der Waals surface area (Å²) < 4.78 is 23.3. The average Bonchev–Trinajstić information content (AvgIpc) is 2.58. The van der Waals surface area contributed by atoms with Crippen LogP contribution in [0.1, 0.15) is 25.5 Å². The molecule has 2 aromatic heterocycles. The van der Waals surface area contributed by atoms with E-state index in [1.807, 2.05) is 13.8 Å². The fourth-order valence-electron chi connectivity index (χ4n) is 1.20. The van der Waals surface area contributed by atoms with Crippen LogP contribution in [-0.2, 0) is 9.05 Å². The van der Waals surface area contributed by atoms with Crippen molar-refractivity contribution in [3.05, 3.63) is 18.0 Å². The molecule has 0 radical (unpaired) electrons. The second kappa shape index (κ2) is 3.67. The molecule has 0 aliphatic carbocycles. The fourth-order valence-corrected chi connectivity index (χ4v) is 1.77. The highest BCUT2D eigenvalue weighted by Gasteiger charge is 2.18. The summed E-state index contributed by atoms with van der Waals surface area (Å²) in [5, 5.41) is 3.28. The van der Waals surface area contributed by atoms with Crippen molar-refractivity contribution in [2.45, 2.75) is 24.9 Å². The van der Waals surface area contributed by atoms with E-state index in [1.165, 1.54) is 4.52 Å². The zero-order valence-electron chi connectivity index (χ0n) is 8.62. The van der Waals surface area contributed by atoms with E-state index in [0.717, 1.165) is 5.69 Å². The Morgan fingerprint density at radius 1 is 1.38 bits per heavy atom. The zero-order valence-corrected chi connectivity index (χ0v) is 10.2. The van der Waals surface area contributed by atoms with Crippen molar-refractivity contribution in [3.8, 4) is 0 Å². The Hall–Kier alpha value is -1.21. The van der Waals surface area contributed by atoms with Crippen LogP contribution in [0.25, 0.3) is 5.78 Å². The van der Waals surface area contributed by atoms with Crippen molar-refractivity contribution in [3.63, 3.8) is 0 Å². The zero-order chi connectivity index (χ0) is 11.9. The van der Waals surface area contributed by atoms with Gasteiger partial charge in [0.15, 0.2) is 0 Å². The number of hydrogen-bond acceptors (Lipinski definition) is 5. The molecule has 0 spiro atoms. The highest BCUT2D eigenvalue weighted by Crippen LogP contribution is 2.14. The first-order valence-electron chi connectivity index (χ1n) is 4.56. The first kappa shape index (κ1) is 11.3. The molecule has 0 amide bonds.